The van der Waals surface area contributed by atoms with Gasteiger partial charge in [-0.1, -0.05) is 48.5 Å². The molecular formula is C35H34N10O2S2. The number of aromatic nitrogens is 6. The molecule has 6 rings (SSSR count). The molecule has 0 aliphatic heterocycles. The quantitative estimate of drug-likeness (QED) is 0.0647. The Hall–Kier alpha value is -5.60. The predicted molar refractivity (Wildman–Crippen MR) is 198 cm³/mol. The number of nitrogens with zero attached hydrogens (tertiary/aromatic N) is 6. The van der Waals surface area contributed by atoms with Crippen molar-refractivity contribution in [2.24, 2.45) is 0 Å². The molecule has 2 heterocycles. The Labute approximate surface area is 292 Å². The summed E-state index contributed by atoms with van der Waals surface area (Å²) in [4.78, 5) is 28.7. The first-order chi connectivity index (χ1) is 24.0. The number of anilines is 6. The number of nitrogens with one attached hydrogen (secondary N) is 2. The smallest absolute Gasteiger partial charge is 0.232 e. The van der Waals surface area contributed by atoms with Gasteiger partial charge in [-0.3, -0.25) is 0 Å². The Morgan fingerprint density at radius 3 is 1.45 bits per heavy atom. The Morgan fingerprint density at radius 1 is 0.551 bits per heavy atom. The van der Waals surface area contributed by atoms with E-state index in [1.54, 1.807) is 23.5 Å². The number of rotatable bonds is 14. The van der Waals surface area contributed by atoms with Crippen LogP contribution in [0.25, 0.3) is 22.8 Å². The van der Waals surface area contributed by atoms with E-state index >= 15 is 0 Å². The summed E-state index contributed by atoms with van der Waals surface area (Å²) >= 11 is 3.35. The monoisotopic (exact) mass is 690 g/mol. The summed E-state index contributed by atoms with van der Waals surface area (Å²) in [5.41, 5.74) is 15.4. The molecule has 6 aromatic rings. The molecule has 0 bridgehead atoms. The van der Waals surface area contributed by atoms with Gasteiger partial charge < -0.3 is 31.6 Å². The largest absolute Gasteiger partial charge is 0.494 e. The van der Waals surface area contributed by atoms with Crippen molar-refractivity contribution in [3.8, 4) is 34.3 Å². The number of para-hydroxylation sites is 2. The molecule has 14 heteroatoms. The zero-order valence-electron chi connectivity index (χ0n) is 26.8. The fourth-order valence-electron chi connectivity index (χ4n) is 4.73. The highest BCUT2D eigenvalue weighted by molar-refractivity contribution is 8.16. The zero-order valence-corrected chi connectivity index (χ0v) is 28.5. The van der Waals surface area contributed by atoms with E-state index in [0.29, 0.717) is 41.8 Å². The van der Waals surface area contributed by atoms with Gasteiger partial charge >= 0.3 is 0 Å². The van der Waals surface area contributed by atoms with Crippen LogP contribution in [0, 0.1) is 0 Å². The van der Waals surface area contributed by atoms with Crippen molar-refractivity contribution < 1.29 is 9.47 Å². The van der Waals surface area contributed by atoms with Gasteiger partial charge in [0.1, 0.15) is 11.5 Å². The van der Waals surface area contributed by atoms with Crippen molar-refractivity contribution in [2.45, 2.75) is 23.6 Å². The number of benzene rings is 4. The van der Waals surface area contributed by atoms with Crippen LogP contribution in [0.4, 0.5) is 35.2 Å². The number of thioether (sulfide) groups is 2. The molecule has 0 amide bonds. The van der Waals surface area contributed by atoms with Crippen molar-refractivity contribution in [3.05, 3.63) is 97.1 Å². The fourth-order valence-corrected chi connectivity index (χ4v) is 6.88. The second kappa shape index (κ2) is 16.0. The van der Waals surface area contributed by atoms with Crippen molar-refractivity contribution in [3.63, 3.8) is 0 Å². The minimum atomic E-state index is 0.116. The summed E-state index contributed by atoms with van der Waals surface area (Å²) in [6, 6.07) is 31.1. The lowest BCUT2D eigenvalue weighted by molar-refractivity contribution is 0.340. The van der Waals surface area contributed by atoms with Crippen LogP contribution in [0.2, 0.25) is 0 Å². The lowest BCUT2D eigenvalue weighted by Gasteiger charge is -2.13. The average molecular weight is 691 g/mol. The van der Waals surface area contributed by atoms with Gasteiger partial charge in [0.05, 0.1) is 24.6 Å². The molecule has 6 N–H and O–H groups in total. The summed E-state index contributed by atoms with van der Waals surface area (Å²) in [7, 11) is 0. The molecule has 49 heavy (non-hydrogen) atoms. The van der Waals surface area contributed by atoms with E-state index in [-0.39, 0.29) is 11.9 Å². The average Bonchev–Trinajstić information content (AvgIpc) is 3.10. The number of nitrogens with two attached hydrogens (primary N) is 2. The second-order valence-corrected chi connectivity index (χ2v) is 12.7. The summed E-state index contributed by atoms with van der Waals surface area (Å²) in [5, 5.41) is 7.37. The third kappa shape index (κ3) is 8.86. The van der Waals surface area contributed by atoms with E-state index in [9.17, 15) is 0 Å². The predicted octanol–water partition coefficient (Wildman–Crippen LogP) is 7.68. The Bertz CT molecular complexity index is 1900. The van der Waals surface area contributed by atoms with Gasteiger partial charge in [-0.15, -0.1) is 23.5 Å². The topological polar surface area (TPSA) is 172 Å². The highest BCUT2D eigenvalue weighted by Gasteiger charge is 2.13. The molecule has 0 fully saturated rings. The third-order valence-electron chi connectivity index (χ3n) is 6.81. The van der Waals surface area contributed by atoms with Gasteiger partial charge in [-0.05, 0) is 62.4 Å². The molecule has 0 aliphatic rings. The maximum atomic E-state index is 6.09. The van der Waals surface area contributed by atoms with E-state index in [4.69, 9.17) is 20.9 Å². The first kappa shape index (κ1) is 33.3. The molecule has 0 atom stereocenters. The highest BCUT2D eigenvalue weighted by Crippen LogP contribution is 2.37. The molecule has 0 saturated heterocycles. The molecule has 0 saturated carbocycles. The van der Waals surface area contributed by atoms with Gasteiger partial charge in [0.15, 0.2) is 11.6 Å². The number of hydrogen-bond acceptors (Lipinski definition) is 14. The number of nitrogen functional groups attached to an aromatic ring is 2. The molecule has 12 nitrogen and oxygen atoms in total. The standard InChI is InChI=1S/C35H34N10O2S2/c1-3-46-24-13-9-11-22(19-24)30-40-32(36)44-34(42-30)38-26-15-5-7-17-28(26)48-21-49-29-18-8-6-16-27(29)39-35-43-31(41-33(37)45-35)23-12-10-14-25(20-23)47-4-2/h5-20H,3-4,21H2,1-2H3,(H3,36,38,40,42,44)(H3,37,39,41,43,45). The summed E-state index contributed by atoms with van der Waals surface area (Å²) in [6.45, 7) is 5.00. The molecular weight excluding hydrogens is 657 g/mol. The van der Waals surface area contributed by atoms with Gasteiger partial charge in [-0.2, -0.15) is 29.9 Å². The van der Waals surface area contributed by atoms with Crippen molar-refractivity contribution in [2.75, 3.05) is 40.4 Å². The van der Waals surface area contributed by atoms with Crippen LogP contribution in [0.15, 0.2) is 107 Å². The molecule has 0 radical (unpaired) electrons. The van der Waals surface area contributed by atoms with Gasteiger partial charge in [0.25, 0.3) is 0 Å². The van der Waals surface area contributed by atoms with Crippen LogP contribution in [0.1, 0.15) is 13.8 Å². The molecule has 0 aliphatic carbocycles. The van der Waals surface area contributed by atoms with E-state index in [1.165, 1.54) is 0 Å². The van der Waals surface area contributed by atoms with Gasteiger partial charge in [0, 0.05) is 26.0 Å². The Kier molecular flexibility index (Phi) is 10.9. The first-order valence-corrected chi connectivity index (χ1v) is 17.4. The molecule has 0 spiro atoms. The third-order valence-corrected chi connectivity index (χ3v) is 9.08. The van der Waals surface area contributed by atoms with Crippen LogP contribution in [-0.2, 0) is 0 Å². The van der Waals surface area contributed by atoms with Crippen molar-refractivity contribution in [1.82, 2.24) is 29.9 Å². The van der Waals surface area contributed by atoms with Crippen LogP contribution in [0.3, 0.4) is 0 Å². The molecule has 4 aromatic carbocycles. The van der Waals surface area contributed by atoms with Crippen LogP contribution >= 0.6 is 23.5 Å². The first-order valence-electron chi connectivity index (χ1n) is 15.4. The molecule has 248 valence electrons. The summed E-state index contributed by atoms with van der Waals surface area (Å²) in [5.74, 6) is 3.29. The normalized spacial score (nSPS) is 10.8. The van der Waals surface area contributed by atoms with Crippen molar-refractivity contribution >= 4 is 58.7 Å². The number of hydrogen-bond donors (Lipinski definition) is 4. The maximum absolute atomic E-state index is 6.09. The van der Waals surface area contributed by atoms with Crippen LogP contribution < -0.4 is 31.6 Å². The van der Waals surface area contributed by atoms with Crippen molar-refractivity contribution in [1.29, 1.82) is 0 Å². The van der Waals surface area contributed by atoms with Crippen LogP contribution in [-0.4, -0.2) is 48.2 Å². The zero-order chi connectivity index (χ0) is 34.0. The minimum Gasteiger partial charge on any atom is -0.494 e. The highest BCUT2D eigenvalue weighted by atomic mass is 32.2. The van der Waals surface area contributed by atoms with Gasteiger partial charge in [0.2, 0.25) is 23.8 Å². The molecule has 0 unspecified atom stereocenters. The Balaban J connectivity index is 1.15. The SMILES string of the molecule is CCOc1cccc(-c2nc(N)nc(Nc3ccccc3SCSc3ccccc3Nc3nc(N)nc(-c4cccc(OCC)c4)n3)n2)c1. The summed E-state index contributed by atoms with van der Waals surface area (Å²) in [6.07, 6.45) is 0. The number of ether oxygens (including phenoxy) is 2. The lowest BCUT2D eigenvalue weighted by Crippen LogP contribution is -2.05. The Morgan fingerprint density at radius 2 is 1.00 bits per heavy atom. The van der Waals surface area contributed by atoms with Crippen LogP contribution in [0.5, 0.6) is 11.5 Å². The minimum absolute atomic E-state index is 0.116. The molecule has 2 aromatic heterocycles. The van der Waals surface area contributed by atoms with E-state index < -0.39 is 0 Å². The lowest BCUT2D eigenvalue weighted by atomic mass is 10.2. The van der Waals surface area contributed by atoms with E-state index in [2.05, 4.69) is 40.5 Å². The second-order valence-electron chi connectivity index (χ2n) is 10.3. The van der Waals surface area contributed by atoms with E-state index in [1.807, 2.05) is 111 Å². The summed E-state index contributed by atoms with van der Waals surface area (Å²) < 4.78 is 11.3. The fraction of sp³-hybridized carbons (Fsp3) is 0.143. The maximum Gasteiger partial charge on any atom is 0.232 e. The van der Waals surface area contributed by atoms with E-state index in [0.717, 1.165) is 43.8 Å². The van der Waals surface area contributed by atoms with Gasteiger partial charge in [-0.25, -0.2) is 0 Å².